The van der Waals surface area contributed by atoms with E-state index in [1.54, 1.807) is 6.26 Å². The molecule has 2 atom stereocenters. The van der Waals surface area contributed by atoms with Crippen LogP contribution in [0.4, 0.5) is 0 Å². The van der Waals surface area contributed by atoms with Crippen molar-refractivity contribution in [1.82, 2.24) is 15.2 Å². The molecule has 2 unspecified atom stereocenters. The van der Waals surface area contributed by atoms with E-state index < -0.39 is 0 Å². The lowest BCUT2D eigenvalue weighted by Gasteiger charge is -2.38. The van der Waals surface area contributed by atoms with Crippen molar-refractivity contribution in [3.05, 3.63) is 41.8 Å². The Bertz CT molecular complexity index is 580. The van der Waals surface area contributed by atoms with Gasteiger partial charge in [0, 0.05) is 37.3 Å². The standard InChI is InChI=1S/C17H23N3O/c1-12-4-6-15(7-5-12)17-19-16(11-21-17)10-20-13(2)8-18-9-14(20)3/h4-7,11,13-14,18H,8-10H2,1-3H3. The minimum absolute atomic E-state index is 0.522. The molecule has 1 fully saturated rings. The molecule has 2 aromatic rings. The summed E-state index contributed by atoms with van der Waals surface area (Å²) < 4.78 is 5.65. The molecule has 1 aromatic heterocycles. The Hall–Kier alpha value is -1.65. The summed E-state index contributed by atoms with van der Waals surface area (Å²) in [6.07, 6.45) is 1.79. The largest absolute Gasteiger partial charge is 0.444 e. The molecule has 1 N–H and O–H groups in total. The van der Waals surface area contributed by atoms with Gasteiger partial charge in [0.25, 0.3) is 0 Å². The van der Waals surface area contributed by atoms with E-state index >= 15 is 0 Å². The summed E-state index contributed by atoms with van der Waals surface area (Å²) >= 11 is 0. The Balaban J connectivity index is 1.74. The average molecular weight is 285 g/mol. The van der Waals surface area contributed by atoms with E-state index in [9.17, 15) is 0 Å². The van der Waals surface area contributed by atoms with Crippen LogP contribution in [-0.2, 0) is 6.54 Å². The van der Waals surface area contributed by atoms with Crippen molar-refractivity contribution in [2.24, 2.45) is 0 Å². The van der Waals surface area contributed by atoms with Gasteiger partial charge >= 0.3 is 0 Å². The molecule has 1 saturated heterocycles. The first-order chi connectivity index (χ1) is 10.1. The smallest absolute Gasteiger partial charge is 0.226 e. The van der Waals surface area contributed by atoms with Gasteiger partial charge in [-0.15, -0.1) is 0 Å². The van der Waals surface area contributed by atoms with Crippen LogP contribution in [0.3, 0.4) is 0 Å². The number of aromatic nitrogens is 1. The van der Waals surface area contributed by atoms with Gasteiger partial charge in [0.05, 0.1) is 5.69 Å². The van der Waals surface area contributed by atoms with Crippen LogP contribution in [0.25, 0.3) is 11.5 Å². The van der Waals surface area contributed by atoms with E-state index in [0.29, 0.717) is 18.0 Å². The second-order valence-corrected chi connectivity index (χ2v) is 6.04. The van der Waals surface area contributed by atoms with Gasteiger partial charge in [-0.3, -0.25) is 4.90 Å². The number of aryl methyl sites for hydroxylation is 1. The number of hydrogen-bond donors (Lipinski definition) is 1. The number of piperazine rings is 1. The Morgan fingerprint density at radius 1 is 1.19 bits per heavy atom. The normalized spacial score (nSPS) is 23.4. The highest BCUT2D eigenvalue weighted by atomic mass is 16.3. The van der Waals surface area contributed by atoms with Crippen molar-refractivity contribution in [1.29, 1.82) is 0 Å². The van der Waals surface area contributed by atoms with Gasteiger partial charge in [-0.1, -0.05) is 17.7 Å². The Morgan fingerprint density at radius 3 is 2.52 bits per heavy atom. The van der Waals surface area contributed by atoms with Crippen LogP contribution in [0, 0.1) is 6.92 Å². The number of nitrogens with one attached hydrogen (secondary N) is 1. The van der Waals surface area contributed by atoms with Crippen LogP contribution in [0.5, 0.6) is 0 Å². The summed E-state index contributed by atoms with van der Waals surface area (Å²) in [5.74, 6) is 0.709. The zero-order chi connectivity index (χ0) is 14.8. The summed E-state index contributed by atoms with van der Waals surface area (Å²) in [5.41, 5.74) is 3.29. The van der Waals surface area contributed by atoms with E-state index in [0.717, 1.165) is 30.9 Å². The third kappa shape index (κ3) is 3.17. The Kier molecular flexibility index (Phi) is 4.08. The van der Waals surface area contributed by atoms with Gasteiger partial charge in [-0.2, -0.15) is 0 Å². The maximum Gasteiger partial charge on any atom is 0.226 e. The van der Waals surface area contributed by atoms with Crippen LogP contribution in [0.2, 0.25) is 0 Å². The zero-order valence-corrected chi connectivity index (χ0v) is 13.0. The first-order valence-corrected chi connectivity index (χ1v) is 7.61. The highest BCUT2D eigenvalue weighted by Crippen LogP contribution is 2.21. The molecule has 4 nitrogen and oxygen atoms in total. The first-order valence-electron chi connectivity index (χ1n) is 7.61. The highest BCUT2D eigenvalue weighted by molar-refractivity contribution is 5.53. The molecule has 4 heteroatoms. The van der Waals surface area contributed by atoms with Crippen molar-refractivity contribution in [3.8, 4) is 11.5 Å². The predicted molar refractivity (Wildman–Crippen MR) is 84.0 cm³/mol. The summed E-state index contributed by atoms with van der Waals surface area (Å²) in [6.45, 7) is 9.50. The molecular formula is C17H23N3O. The van der Waals surface area contributed by atoms with Gasteiger partial charge in [-0.25, -0.2) is 4.98 Å². The molecule has 0 saturated carbocycles. The van der Waals surface area contributed by atoms with Crippen molar-refractivity contribution < 1.29 is 4.42 Å². The monoisotopic (exact) mass is 285 g/mol. The van der Waals surface area contributed by atoms with E-state index in [1.165, 1.54) is 5.56 Å². The van der Waals surface area contributed by atoms with Gasteiger partial charge in [-0.05, 0) is 32.9 Å². The number of benzene rings is 1. The van der Waals surface area contributed by atoms with Gasteiger partial charge < -0.3 is 9.73 Å². The molecule has 1 aliphatic rings. The van der Waals surface area contributed by atoms with E-state index in [1.807, 2.05) is 0 Å². The van der Waals surface area contributed by atoms with Gasteiger partial charge in [0.1, 0.15) is 6.26 Å². The molecule has 112 valence electrons. The van der Waals surface area contributed by atoms with Crippen LogP contribution in [0.15, 0.2) is 34.9 Å². The number of hydrogen-bond acceptors (Lipinski definition) is 4. The molecule has 2 heterocycles. The maximum absolute atomic E-state index is 5.65. The third-order valence-corrected chi connectivity index (χ3v) is 4.21. The number of oxazole rings is 1. The molecule has 1 aliphatic heterocycles. The molecule has 0 spiro atoms. The van der Waals surface area contributed by atoms with E-state index in [2.05, 4.69) is 60.2 Å². The molecule has 0 aliphatic carbocycles. The molecule has 0 radical (unpaired) electrons. The maximum atomic E-state index is 5.65. The van der Waals surface area contributed by atoms with Crippen molar-refractivity contribution in [3.63, 3.8) is 0 Å². The van der Waals surface area contributed by atoms with Gasteiger partial charge in [0.2, 0.25) is 5.89 Å². The quantitative estimate of drug-likeness (QED) is 0.941. The Morgan fingerprint density at radius 2 is 1.86 bits per heavy atom. The molecular weight excluding hydrogens is 262 g/mol. The van der Waals surface area contributed by atoms with Gasteiger partial charge in [0.15, 0.2) is 0 Å². The van der Waals surface area contributed by atoms with Crippen LogP contribution in [0.1, 0.15) is 25.1 Å². The molecule has 0 bridgehead atoms. The zero-order valence-electron chi connectivity index (χ0n) is 13.0. The van der Waals surface area contributed by atoms with Crippen LogP contribution in [-0.4, -0.2) is 35.1 Å². The topological polar surface area (TPSA) is 41.3 Å². The van der Waals surface area contributed by atoms with Crippen LogP contribution < -0.4 is 5.32 Å². The summed E-state index contributed by atoms with van der Waals surface area (Å²) in [5, 5.41) is 3.45. The molecule has 1 aromatic carbocycles. The summed E-state index contributed by atoms with van der Waals surface area (Å²) in [4.78, 5) is 7.12. The lowest BCUT2D eigenvalue weighted by molar-refractivity contribution is 0.107. The first kappa shape index (κ1) is 14.3. The fraction of sp³-hybridized carbons (Fsp3) is 0.471. The van der Waals surface area contributed by atoms with E-state index in [-0.39, 0.29) is 0 Å². The fourth-order valence-corrected chi connectivity index (χ4v) is 2.88. The SMILES string of the molecule is Cc1ccc(-c2nc(CN3C(C)CNCC3C)co2)cc1. The minimum atomic E-state index is 0.522. The summed E-state index contributed by atoms with van der Waals surface area (Å²) in [6, 6.07) is 9.32. The summed E-state index contributed by atoms with van der Waals surface area (Å²) in [7, 11) is 0. The van der Waals surface area contributed by atoms with Crippen LogP contribution >= 0.6 is 0 Å². The fourth-order valence-electron chi connectivity index (χ4n) is 2.88. The lowest BCUT2D eigenvalue weighted by Crippen LogP contribution is -2.54. The number of rotatable bonds is 3. The Labute approximate surface area is 126 Å². The van der Waals surface area contributed by atoms with E-state index in [4.69, 9.17) is 4.42 Å². The van der Waals surface area contributed by atoms with Crippen molar-refractivity contribution >= 4 is 0 Å². The lowest BCUT2D eigenvalue weighted by atomic mass is 10.1. The van der Waals surface area contributed by atoms with Crippen molar-refractivity contribution in [2.75, 3.05) is 13.1 Å². The average Bonchev–Trinajstić information content (AvgIpc) is 2.92. The number of nitrogens with zero attached hydrogens (tertiary/aromatic N) is 2. The predicted octanol–water partition coefficient (Wildman–Crippen LogP) is 2.83. The van der Waals surface area contributed by atoms with Crippen molar-refractivity contribution in [2.45, 2.75) is 39.4 Å². The second-order valence-electron chi connectivity index (χ2n) is 6.04. The highest BCUT2D eigenvalue weighted by Gasteiger charge is 2.25. The molecule has 21 heavy (non-hydrogen) atoms. The third-order valence-electron chi connectivity index (χ3n) is 4.21. The second kappa shape index (κ2) is 6.00. The minimum Gasteiger partial charge on any atom is -0.444 e. The molecule has 0 amide bonds. The molecule has 3 rings (SSSR count).